The van der Waals surface area contributed by atoms with Gasteiger partial charge in [-0.2, -0.15) is 0 Å². The van der Waals surface area contributed by atoms with Gasteiger partial charge in [0.25, 0.3) is 0 Å². The fourth-order valence-electron chi connectivity index (χ4n) is 2.38. The van der Waals surface area contributed by atoms with Crippen LogP contribution in [0.5, 0.6) is 0 Å². The van der Waals surface area contributed by atoms with Crippen LogP contribution in [0.15, 0.2) is 0 Å². The van der Waals surface area contributed by atoms with Gasteiger partial charge >= 0.3 is 23.9 Å². The van der Waals surface area contributed by atoms with Crippen molar-refractivity contribution >= 4 is 23.9 Å². The predicted octanol–water partition coefficient (Wildman–Crippen LogP) is -0.284. The molecule has 0 radical (unpaired) electrons. The Labute approximate surface area is 144 Å². The Kier molecular flexibility index (Phi) is 7.78. The number of esters is 4. The van der Waals surface area contributed by atoms with Crippen molar-refractivity contribution in [2.75, 3.05) is 13.7 Å². The molecule has 0 N–H and O–H groups in total. The molecule has 142 valence electrons. The summed E-state index contributed by atoms with van der Waals surface area (Å²) in [4.78, 5) is 45.4. The van der Waals surface area contributed by atoms with E-state index >= 15 is 0 Å². The SMILES string of the molecule is CO[C@@H]1O[C@@H](COC(C)=O)[C@H](OC(C)=O)[C@H](OC(C)=O)[C@H]1OC(C)=O. The van der Waals surface area contributed by atoms with Gasteiger partial charge in [-0.3, -0.25) is 19.2 Å². The molecule has 1 heterocycles. The molecule has 1 saturated heterocycles. The number of carbonyl (C=O) groups excluding carboxylic acids is 4. The summed E-state index contributed by atoms with van der Waals surface area (Å²) < 4.78 is 31.1. The van der Waals surface area contributed by atoms with E-state index in [2.05, 4.69) is 0 Å². The van der Waals surface area contributed by atoms with E-state index in [4.69, 9.17) is 28.4 Å². The Bertz CT molecular complexity index is 516. The maximum atomic E-state index is 11.5. The second kappa shape index (κ2) is 9.33. The van der Waals surface area contributed by atoms with Crippen LogP contribution in [0, 0.1) is 0 Å². The van der Waals surface area contributed by atoms with Crippen molar-refractivity contribution in [3.05, 3.63) is 0 Å². The highest BCUT2D eigenvalue weighted by Crippen LogP contribution is 2.29. The summed E-state index contributed by atoms with van der Waals surface area (Å²) in [6.45, 7) is 4.37. The average molecular weight is 362 g/mol. The van der Waals surface area contributed by atoms with Crippen molar-refractivity contribution in [2.24, 2.45) is 0 Å². The molecule has 0 aromatic carbocycles. The van der Waals surface area contributed by atoms with Gasteiger partial charge in [-0.25, -0.2) is 0 Å². The Morgan fingerprint density at radius 3 is 1.68 bits per heavy atom. The maximum Gasteiger partial charge on any atom is 0.303 e. The lowest BCUT2D eigenvalue weighted by Gasteiger charge is -2.43. The molecule has 10 heteroatoms. The fourth-order valence-corrected chi connectivity index (χ4v) is 2.38. The number of rotatable bonds is 6. The van der Waals surface area contributed by atoms with Gasteiger partial charge < -0.3 is 28.4 Å². The van der Waals surface area contributed by atoms with Crippen LogP contribution in [0.25, 0.3) is 0 Å². The second-order valence-corrected chi connectivity index (χ2v) is 5.30. The van der Waals surface area contributed by atoms with Crippen LogP contribution >= 0.6 is 0 Å². The first kappa shape index (κ1) is 20.8. The standard InChI is InChI=1S/C15H22O10/c1-7(16)21-6-11-12(22-8(2)17)13(23-9(3)18)14(24-10(4)19)15(20-5)25-11/h11-15H,6H2,1-5H3/t11-,12-,13-,14+,15+/m0/s1. The van der Waals surface area contributed by atoms with E-state index in [9.17, 15) is 19.2 Å². The second-order valence-electron chi connectivity index (χ2n) is 5.30. The number of carbonyl (C=O) groups is 4. The van der Waals surface area contributed by atoms with Gasteiger partial charge in [-0.1, -0.05) is 0 Å². The van der Waals surface area contributed by atoms with Crippen molar-refractivity contribution in [2.45, 2.75) is 58.4 Å². The van der Waals surface area contributed by atoms with Crippen LogP contribution in [-0.4, -0.2) is 68.3 Å². The molecular formula is C15H22O10. The first-order valence-electron chi connectivity index (χ1n) is 7.49. The van der Waals surface area contributed by atoms with Gasteiger partial charge in [0.05, 0.1) is 0 Å². The van der Waals surface area contributed by atoms with E-state index in [-0.39, 0.29) is 6.61 Å². The van der Waals surface area contributed by atoms with Gasteiger partial charge in [-0.15, -0.1) is 0 Å². The van der Waals surface area contributed by atoms with E-state index in [0.29, 0.717) is 0 Å². The largest absolute Gasteiger partial charge is 0.463 e. The monoisotopic (exact) mass is 362 g/mol. The molecule has 0 unspecified atom stereocenters. The molecule has 0 amide bonds. The minimum absolute atomic E-state index is 0.280. The number of methoxy groups -OCH3 is 1. The normalized spacial score (nSPS) is 28.6. The maximum absolute atomic E-state index is 11.5. The van der Waals surface area contributed by atoms with Crippen LogP contribution in [0.2, 0.25) is 0 Å². The number of hydrogen-bond donors (Lipinski definition) is 0. The number of hydrogen-bond acceptors (Lipinski definition) is 10. The lowest BCUT2D eigenvalue weighted by Crippen LogP contribution is -2.62. The van der Waals surface area contributed by atoms with Crippen molar-refractivity contribution in [1.82, 2.24) is 0 Å². The van der Waals surface area contributed by atoms with Crippen molar-refractivity contribution in [1.29, 1.82) is 0 Å². The highest BCUT2D eigenvalue weighted by Gasteiger charge is 2.52. The minimum Gasteiger partial charge on any atom is -0.463 e. The van der Waals surface area contributed by atoms with E-state index in [0.717, 1.165) is 20.8 Å². The molecule has 0 saturated carbocycles. The van der Waals surface area contributed by atoms with Crippen molar-refractivity contribution in [3.8, 4) is 0 Å². The zero-order valence-electron chi connectivity index (χ0n) is 14.7. The predicted molar refractivity (Wildman–Crippen MR) is 79.0 cm³/mol. The molecule has 1 aliphatic rings. The average Bonchev–Trinajstić information content (AvgIpc) is 2.48. The quantitative estimate of drug-likeness (QED) is 0.460. The molecule has 0 bridgehead atoms. The van der Waals surface area contributed by atoms with Crippen molar-refractivity contribution in [3.63, 3.8) is 0 Å². The molecule has 0 aliphatic carbocycles. The summed E-state index contributed by atoms with van der Waals surface area (Å²) in [7, 11) is 1.29. The van der Waals surface area contributed by atoms with Crippen LogP contribution in [0.4, 0.5) is 0 Å². The summed E-state index contributed by atoms with van der Waals surface area (Å²) in [6, 6.07) is 0. The molecule has 0 aromatic heterocycles. The molecule has 0 aromatic rings. The van der Waals surface area contributed by atoms with E-state index in [1.807, 2.05) is 0 Å². The highest BCUT2D eigenvalue weighted by atomic mass is 16.7. The Balaban J connectivity index is 3.18. The molecule has 1 rings (SSSR count). The third-order valence-electron chi connectivity index (χ3n) is 3.18. The third-order valence-corrected chi connectivity index (χ3v) is 3.18. The zero-order valence-corrected chi connectivity index (χ0v) is 14.7. The molecule has 5 atom stereocenters. The first-order chi connectivity index (χ1) is 11.6. The summed E-state index contributed by atoms with van der Waals surface area (Å²) in [6.07, 6.45) is -5.67. The summed E-state index contributed by atoms with van der Waals surface area (Å²) in [5.41, 5.74) is 0. The Morgan fingerprint density at radius 1 is 0.760 bits per heavy atom. The lowest BCUT2D eigenvalue weighted by molar-refractivity contribution is -0.302. The number of ether oxygens (including phenoxy) is 6. The van der Waals surface area contributed by atoms with Gasteiger partial charge in [-0.05, 0) is 0 Å². The van der Waals surface area contributed by atoms with Crippen LogP contribution in [0.3, 0.4) is 0 Å². The summed E-state index contributed by atoms with van der Waals surface area (Å²) >= 11 is 0. The van der Waals surface area contributed by atoms with Crippen LogP contribution < -0.4 is 0 Å². The molecule has 1 fully saturated rings. The molecule has 25 heavy (non-hydrogen) atoms. The Hall–Kier alpha value is -2.20. The molecular weight excluding hydrogens is 340 g/mol. The molecule has 10 nitrogen and oxygen atoms in total. The minimum atomic E-state index is -1.20. The van der Waals surface area contributed by atoms with Crippen molar-refractivity contribution < 1.29 is 47.6 Å². The van der Waals surface area contributed by atoms with Crippen LogP contribution in [-0.2, 0) is 47.6 Å². The van der Waals surface area contributed by atoms with Gasteiger partial charge in [0, 0.05) is 34.8 Å². The highest BCUT2D eigenvalue weighted by molar-refractivity contribution is 5.68. The van der Waals surface area contributed by atoms with E-state index in [1.54, 1.807) is 0 Å². The van der Waals surface area contributed by atoms with Gasteiger partial charge in [0.15, 0.2) is 24.6 Å². The van der Waals surface area contributed by atoms with Gasteiger partial charge in [0.2, 0.25) is 0 Å². The zero-order chi connectivity index (χ0) is 19.1. The lowest BCUT2D eigenvalue weighted by atomic mass is 9.98. The fraction of sp³-hybridized carbons (Fsp3) is 0.733. The van der Waals surface area contributed by atoms with E-state index < -0.39 is 54.6 Å². The van der Waals surface area contributed by atoms with Gasteiger partial charge in [0.1, 0.15) is 12.7 Å². The smallest absolute Gasteiger partial charge is 0.303 e. The van der Waals surface area contributed by atoms with Crippen LogP contribution in [0.1, 0.15) is 27.7 Å². The summed E-state index contributed by atoms with van der Waals surface area (Å²) in [5, 5.41) is 0. The Morgan fingerprint density at radius 2 is 1.24 bits per heavy atom. The topological polar surface area (TPSA) is 124 Å². The molecule has 0 spiro atoms. The third kappa shape index (κ3) is 6.31. The first-order valence-corrected chi connectivity index (χ1v) is 7.49. The summed E-state index contributed by atoms with van der Waals surface area (Å²) in [5.74, 6) is -2.63. The van der Waals surface area contributed by atoms with E-state index in [1.165, 1.54) is 14.0 Å². The molecule has 1 aliphatic heterocycles.